The van der Waals surface area contributed by atoms with Crippen molar-refractivity contribution in [3.05, 3.63) is 102 Å². The lowest BCUT2D eigenvalue weighted by Gasteiger charge is -2.07. The number of phenols is 2. The Hall–Kier alpha value is -4.06. The highest BCUT2D eigenvalue weighted by atomic mass is 16.3. The van der Waals surface area contributed by atoms with Gasteiger partial charge < -0.3 is 15.5 Å². The minimum absolute atomic E-state index is 0.161. The molecular formula is C25H23N3O3. The van der Waals surface area contributed by atoms with Crippen LogP contribution in [0.15, 0.2) is 85.1 Å². The normalized spacial score (nSPS) is 10.7. The second-order valence-corrected chi connectivity index (χ2v) is 7.27. The highest BCUT2D eigenvalue weighted by Gasteiger charge is 2.18. The summed E-state index contributed by atoms with van der Waals surface area (Å²) in [6, 6.07) is 24.3. The molecule has 1 amide bonds. The van der Waals surface area contributed by atoms with Crippen LogP contribution in [0, 0.1) is 0 Å². The number of rotatable bonds is 7. The zero-order valence-electron chi connectivity index (χ0n) is 16.9. The molecule has 0 bridgehead atoms. The molecule has 0 aliphatic heterocycles. The fraction of sp³-hybridized carbons (Fsp3) is 0.120. The van der Waals surface area contributed by atoms with E-state index in [0.717, 1.165) is 16.7 Å². The molecule has 0 atom stereocenters. The monoisotopic (exact) mass is 413 g/mol. The van der Waals surface area contributed by atoms with E-state index in [1.807, 2.05) is 60.7 Å². The second-order valence-electron chi connectivity index (χ2n) is 7.27. The number of hydrogen-bond donors (Lipinski definition) is 3. The molecule has 6 heteroatoms. The maximum atomic E-state index is 13.0. The Balaban J connectivity index is 1.52. The van der Waals surface area contributed by atoms with Crippen LogP contribution in [0.25, 0.3) is 11.3 Å². The Morgan fingerprint density at radius 3 is 2.29 bits per heavy atom. The number of nitrogens with zero attached hydrogens (tertiary/aromatic N) is 2. The van der Waals surface area contributed by atoms with Crippen LogP contribution in [0.1, 0.15) is 21.5 Å². The molecule has 156 valence electrons. The first-order chi connectivity index (χ1) is 15.1. The van der Waals surface area contributed by atoms with Gasteiger partial charge in [-0.1, -0.05) is 66.7 Å². The number of aromatic nitrogens is 2. The number of benzene rings is 3. The summed E-state index contributed by atoms with van der Waals surface area (Å²) < 4.78 is 1.78. The van der Waals surface area contributed by atoms with Crippen LogP contribution in [-0.4, -0.2) is 32.4 Å². The zero-order chi connectivity index (χ0) is 21.6. The molecule has 0 unspecified atom stereocenters. The highest BCUT2D eigenvalue weighted by molar-refractivity contribution is 5.99. The van der Waals surface area contributed by atoms with Crippen LogP contribution in [0.3, 0.4) is 0 Å². The minimum Gasteiger partial charge on any atom is -0.504 e. The van der Waals surface area contributed by atoms with Crippen LogP contribution in [0.5, 0.6) is 11.5 Å². The number of phenolic OH excluding ortho intramolecular Hbond substituents is 2. The summed E-state index contributed by atoms with van der Waals surface area (Å²) in [5.41, 5.74) is 3.94. The van der Waals surface area contributed by atoms with Crippen LogP contribution in [-0.2, 0) is 13.0 Å². The lowest BCUT2D eigenvalue weighted by atomic mass is 10.1. The number of nitrogens with one attached hydrogen (secondary N) is 1. The summed E-state index contributed by atoms with van der Waals surface area (Å²) >= 11 is 0. The lowest BCUT2D eigenvalue weighted by molar-refractivity contribution is 0.0954. The average molecular weight is 413 g/mol. The van der Waals surface area contributed by atoms with Gasteiger partial charge in [0.1, 0.15) is 5.69 Å². The van der Waals surface area contributed by atoms with Crippen LogP contribution in [0.4, 0.5) is 0 Å². The first-order valence-electron chi connectivity index (χ1n) is 10.1. The van der Waals surface area contributed by atoms with Gasteiger partial charge >= 0.3 is 0 Å². The van der Waals surface area contributed by atoms with Crippen molar-refractivity contribution in [2.75, 3.05) is 6.54 Å². The Labute approximate surface area is 180 Å². The van der Waals surface area contributed by atoms with E-state index in [9.17, 15) is 15.0 Å². The van der Waals surface area contributed by atoms with Crippen LogP contribution in [0.2, 0.25) is 0 Å². The molecule has 0 fully saturated rings. The predicted molar refractivity (Wildman–Crippen MR) is 119 cm³/mol. The van der Waals surface area contributed by atoms with Crippen molar-refractivity contribution in [2.24, 2.45) is 0 Å². The molecule has 4 rings (SSSR count). The molecule has 4 aromatic rings. The first-order valence-corrected chi connectivity index (χ1v) is 10.1. The van der Waals surface area contributed by atoms with Crippen molar-refractivity contribution in [3.63, 3.8) is 0 Å². The molecule has 0 aliphatic carbocycles. The van der Waals surface area contributed by atoms with Crippen molar-refractivity contribution < 1.29 is 15.0 Å². The van der Waals surface area contributed by atoms with E-state index in [2.05, 4.69) is 10.4 Å². The van der Waals surface area contributed by atoms with E-state index < -0.39 is 0 Å². The van der Waals surface area contributed by atoms with Crippen molar-refractivity contribution in [1.82, 2.24) is 15.1 Å². The molecule has 0 saturated heterocycles. The third-order valence-electron chi connectivity index (χ3n) is 4.98. The molecule has 0 radical (unpaired) electrons. The zero-order valence-corrected chi connectivity index (χ0v) is 16.9. The van der Waals surface area contributed by atoms with E-state index in [0.29, 0.717) is 30.8 Å². The van der Waals surface area contributed by atoms with E-state index in [1.54, 1.807) is 16.9 Å². The van der Waals surface area contributed by atoms with Gasteiger partial charge in [0.2, 0.25) is 0 Å². The summed E-state index contributed by atoms with van der Waals surface area (Å²) in [5, 5.41) is 26.7. The fourth-order valence-electron chi connectivity index (χ4n) is 3.39. The molecule has 31 heavy (non-hydrogen) atoms. The van der Waals surface area contributed by atoms with Crippen LogP contribution >= 0.6 is 0 Å². The Morgan fingerprint density at radius 2 is 1.58 bits per heavy atom. The molecule has 1 aromatic heterocycles. The van der Waals surface area contributed by atoms with Crippen molar-refractivity contribution >= 4 is 5.91 Å². The van der Waals surface area contributed by atoms with Gasteiger partial charge in [0.25, 0.3) is 5.91 Å². The third-order valence-corrected chi connectivity index (χ3v) is 4.98. The SMILES string of the molecule is O=C(NCCc1ccc(O)c(O)c1)c1cn(Cc2ccccc2)nc1-c1ccccc1. The number of amides is 1. The first kappa shape index (κ1) is 20.2. The smallest absolute Gasteiger partial charge is 0.255 e. The van der Waals surface area contributed by atoms with Gasteiger partial charge in [0.05, 0.1) is 12.1 Å². The molecular weight excluding hydrogens is 390 g/mol. The highest BCUT2D eigenvalue weighted by Crippen LogP contribution is 2.25. The second kappa shape index (κ2) is 9.17. The van der Waals surface area contributed by atoms with Gasteiger partial charge in [-0.25, -0.2) is 0 Å². The number of carbonyl (C=O) groups is 1. The van der Waals surface area contributed by atoms with Gasteiger partial charge in [-0.15, -0.1) is 0 Å². The van der Waals surface area contributed by atoms with Crippen LogP contribution < -0.4 is 5.32 Å². The van der Waals surface area contributed by atoms with Gasteiger partial charge in [-0.3, -0.25) is 9.48 Å². The third kappa shape index (κ3) is 4.93. The Kier molecular flexibility index (Phi) is 5.98. The molecule has 3 N–H and O–H groups in total. The lowest BCUT2D eigenvalue weighted by Crippen LogP contribution is -2.25. The number of carbonyl (C=O) groups excluding carboxylic acids is 1. The van der Waals surface area contributed by atoms with Crippen molar-refractivity contribution in [1.29, 1.82) is 0 Å². The summed E-state index contributed by atoms with van der Waals surface area (Å²) in [6.07, 6.45) is 2.30. The number of hydrogen-bond acceptors (Lipinski definition) is 4. The summed E-state index contributed by atoms with van der Waals surface area (Å²) in [4.78, 5) is 13.0. The standard InChI is InChI=1S/C25H23N3O3/c29-22-12-11-18(15-23(22)30)13-14-26-25(31)21-17-28(16-19-7-3-1-4-8-19)27-24(21)20-9-5-2-6-10-20/h1-12,15,17,29-30H,13-14,16H2,(H,26,31). The Bertz CT molecular complexity index is 1170. The molecule has 0 aliphatic rings. The van der Waals surface area contributed by atoms with Gasteiger partial charge in [-0.2, -0.15) is 5.10 Å². The van der Waals surface area contributed by atoms with Gasteiger partial charge in [0.15, 0.2) is 11.5 Å². The quantitative estimate of drug-likeness (QED) is 0.400. The predicted octanol–water partition coefficient (Wildman–Crippen LogP) is 3.98. The molecule has 3 aromatic carbocycles. The maximum absolute atomic E-state index is 13.0. The Morgan fingerprint density at radius 1 is 0.871 bits per heavy atom. The van der Waals surface area contributed by atoms with Crippen molar-refractivity contribution in [3.8, 4) is 22.8 Å². The van der Waals surface area contributed by atoms with E-state index >= 15 is 0 Å². The molecule has 0 spiro atoms. The van der Waals surface area contributed by atoms with E-state index in [1.165, 1.54) is 12.1 Å². The van der Waals surface area contributed by atoms with Gasteiger partial charge in [-0.05, 0) is 29.7 Å². The molecule has 0 saturated carbocycles. The minimum atomic E-state index is -0.207. The summed E-state index contributed by atoms with van der Waals surface area (Å²) in [7, 11) is 0. The van der Waals surface area contributed by atoms with E-state index in [4.69, 9.17) is 0 Å². The molecule has 6 nitrogen and oxygen atoms in total. The molecule has 1 heterocycles. The van der Waals surface area contributed by atoms with Gasteiger partial charge in [0, 0.05) is 18.3 Å². The fourth-order valence-corrected chi connectivity index (χ4v) is 3.39. The summed E-state index contributed by atoms with van der Waals surface area (Å²) in [5.74, 6) is -0.537. The average Bonchev–Trinajstić information content (AvgIpc) is 3.21. The van der Waals surface area contributed by atoms with Crippen molar-refractivity contribution in [2.45, 2.75) is 13.0 Å². The largest absolute Gasteiger partial charge is 0.504 e. The maximum Gasteiger partial charge on any atom is 0.255 e. The summed E-state index contributed by atoms with van der Waals surface area (Å²) in [6.45, 7) is 0.960. The topological polar surface area (TPSA) is 87.4 Å². The van der Waals surface area contributed by atoms with E-state index in [-0.39, 0.29) is 17.4 Å². The number of aromatic hydroxyl groups is 2.